The molecule has 0 fully saturated rings. The van der Waals surface area contributed by atoms with Gasteiger partial charge in [0.05, 0.1) is 11.1 Å². The van der Waals surface area contributed by atoms with Crippen LogP contribution in [0.5, 0.6) is 0 Å². The van der Waals surface area contributed by atoms with Gasteiger partial charge in [-0.15, -0.1) is 0 Å². The number of nitrogens with zero attached hydrogens (tertiary/aromatic N) is 2. The highest BCUT2D eigenvalue weighted by molar-refractivity contribution is 6.06. The third-order valence-electron chi connectivity index (χ3n) is 15.1. The second-order valence-corrected chi connectivity index (χ2v) is 19.1. The third kappa shape index (κ3) is 7.76. The Labute approximate surface area is 428 Å². The smallest absolute Gasteiger partial charge is 0.0677 e. The first kappa shape index (κ1) is 43.8. The highest BCUT2D eigenvalue weighted by atomic mass is 15.1. The van der Waals surface area contributed by atoms with Crippen molar-refractivity contribution in [1.29, 1.82) is 0 Å². The molecule has 0 saturated heterocycles. The summed E-state index contributed by atoms with van der Waals surface area (Å²) in [5, 5.41) is 2.38. The molecule has 0 bridgehead atoms. The fourth-order valence-corrected chi connectivity index (χ4v) is 11.7. The summed E-state index contributed by atoms with van der Waals surface area (Å²) in [5.74, 6) is 0. The van der Waals surface area contributed by atoms with Crippen LogP contribution in [-0.2, 0) is 5.41 Å². The number of rotatable bonds is 11. The maximum Gasteiger partial charge on any atom is 0.0677 e. The highest BCUT2D eigenvalue weighted by Crippen LogP contribution is 2.58. The van der Waals surface area contributed by atoms with E-state index in [1.807, 2.05) is 0 Å². The fraction of sp³-hybridized carbons (Fsp3) is 0.0423. The van der Waals surface area contributed by atoms with Crippen LogP contribution in [0.2, 0.25) is 0 Å². The molecule has 11 aromatic rings. The van der Waals surface area contributed by atoms with Gasteiger partial charge in [0.25, 0.3) is 0 Å². The van der Waals surface area contributed by atoms with E-state index in [1.165, 1.54) is 72.0 Å². The normalized spacial score (nSPS) is 13.4. The van der Waals surface area contributed by atoms with Gasteiger partial charge in [-0.05, 0) is 152 Å². The molecule has 2 aliphatic carbocycles. The average Bonchev–Trinajstić information content (AvgIpc) is 3.78. The Kier molecular flexibility index (Phi) is 11.3. The first-order chi connectivity index (χ1) is 36.2. The minimum Gasteiger partial charge on any atom is -0.310 e. The third-order valence-corrected chi connectivity index (χ3v) is 15.1. The minimum absolute atomic E-state index is 0.416. The summed E-state index contributed by atoms with van der Waals surface area (Å²) in [6, 6.07) is 102. The molecule has 0 radical (unpaired) electrons. The summed E-state index contributed by atoms with van der Waals surface area (Å²) in [4.78, 5) is 4.82. The lowest BCUT2D eigenvalue weighted by Crippen LogP contribution is -2.30. The first-order valence-electron chi connectivity index (χ1n) is 25.5. The molecule has 0 aromatic heterocycles. The van der Waals surface area contributed by atoms with E-state index >= 15 is 0 Å². The molecule has 0 unspecified atom stereocenters. The van der Waals surface area contributed by atoms with E-state index in [9.17, 15) is 0 Å². The van der Waals surface area contributed by atoms with E-state index in [0.29, 0.717) is 0 Å². The molecule has 0 saturated carbocycles. The van der Waals surface area contributed by atoms with Crippen LogP contribution in [0.25, 0.3) is 49.7 Å². The standard InChI is InChI=1S/C71H52N2/c1-6-20-51(21-7-1)53-34-40-60(41-35-53)73(61-42-36-54(37-43-61)52-22-8-2-9-23-52)70-49-48-63(64-30-16-17-32-67(64)70)55-38-44-59(45-39-55)72(58-28-14-5-15-29-58)62-46-47-66-65-31-18-19-33-68(65)71(69(66)50-62,56-24-10-3-11-25-56)57-26-12-4-13-27-57/h1-18,20-32,34-50H,19,33H2. The fourth-order valence-electron chi connectivity index (χ4n) is 11.7. The highest BCUT2D eigenvalue weighted by Gasteiger charge is 2.47. The minimum atomic E-state index is -0.416. The number of benzene rings is 11. The predicted octanol–water partition coefficient (Wildman–Crippen LogP) is 19.2. The monoisotopic (exact) mass is 932 g/mol. The maximum absolute atomic E-state index is 2.48. The second-order valence-electron chi connectivity index (χ2n) is 19.1. The Morgan fingerprint density at radius 2 is 0.740 bits per heavy atom. The van der Waals surface area contributed by atoms with Crippen LogP contribution >= 0.6 is 0 Å². The molecule has 2 heteroatoms. The van der Waals surface area contributed by atoms with Gasteiger partial charge < -0.3 is 9.80 Å². The van der Waals surface area contributed by atoms with E-state index in [1.54, 1.807) is 0 Å². The lowest BCUT2D eigenvalue weighted by Gasteiger charge is -2.37. The second kappa shape index (κ2) is 18.8. The van der Waals surface area contributed by atoms with Crippen molar-refractivity contribution in [2.45, 2.75) is 18.3 Å². The van der Waals surface area contributed by atoms with Crippen molar-refractivity contribution in [3.05, 3.63) is 319 Å². The largest absolute Gasteiger partial charge is 0.310 e. The van der Waals surface area contributed by atoms with Crippen molar-refractivity contribution in [3.63, 3.8) is 0 Å². The molecule has 0 aliphatic heterocycles. The molecule has 0 amide bonds. The topological polar surface area (TPSA) is 6.48 Å². The Bertz CT molecular complexity index is 3670. The average molecular weight is 933 g/mol. The van der Waals surface area contributed by atoms with Gasteiger partial charge in [0.2, 0.25) is 0 Å². The maximum atomic E-state index is 2.48. The van der Waals surface area contributed by atoms with E-state index < -0.39 is 5.41 Å². The molecule has 73 heavy (non-hydrogen) atoms. The van der Waals surface area contributed by atoms with Gasteiger partial charge in [-0.1, -0.05) is 224 Å². The zero-order chi connectivity index (χ0) is 48.6. The number of fused-ring (bicyclic) bond motifs is 3. The molecule has 11 aromatic carbocycles. The molecule has 346 valence electrons. The van der Waals surface area contributed by atoms with E-state index in [4.69, 9.17) is 0 Å². The lowest BCUT2D eigenvalue weighted by atomic mass is 9.65. The number of anilines is 6. The number of para-hydroxylation sites is 1. The van der Waals surface area contributed by atoms with Crippen LogP contribution in [0, 0.1) is 0 Å². The molecule has 0 atom stereocenters. The van der Waals surface area contributed by atoms with Crippen molar-refractivity contribution < 1.29 is 0 Å². The SMILES string of the molecule is C1=CC2=C(CC1)C(c1ccccc1)(c1ccccc1)c1cc(N(c3ccccc3)c3ccc(-c4ccc(N(c5ccc(-c6ccccc6)cc5)c5ccc(-c6ccccc6)cc5)c5ccccc45)cc3)ccc12. The van der Waals surface area contributed by atoms with E-state index in [-0.39, 0.29) is 0 Å². The summed E-state index contributed by atoms with van der Waals surface area (Å²) in [7, 11) is 0. The van der Waals surface area contributed by atoms with Crippen LogP contribution in [0.4, 0.5) is 34.1 Å². The van der Waals surface area contributed by atoms with Gasteiger partial charge in [-0.2, -0.15) is 0 Å². The quantitative estimate of drug-likeness (QED) is 0.128. The van der Waals surface area contributed by atoms with Crippen molar-refractivity contribution in [2.24, 2.45) is 0 Å². The zero-order valence-electron chi connectivity index (χ0n) is 40.5. The molecule has 0 heterocycles. The summed E-state index contributed by atoms with van der Waals surface area (Å²) in [6.07, 6.45) is 6.77. The summed E-state index contributed by atoms with van der Waals surface area (Å²) in [5.41, 5.74) is 21.5. The Morgan fingerprint density at radius 3 is 1.30 bits per heavy atom. The van der Waals surface area contributed by atoms with Crippen molar-refractivity contribution in [3.8, 4) is 33.4 Å². The molecular weight excluding hydrogens is 881 g/mol. The van der Waals surface area contributed by atoms with Crippen LogP contribution in [0.15, 0.2) is 297 Å². The molecular formula is C71H52N2. The first-order valence-corrected chi connectivity index (χ1v) is 25.5. The molecule has 2 aliphatic rings. The summed E-state index contributed by atoms with van der Waals surface area (Å²) in [6.45, 7) is 0. The summed E-state index contributed by atoms with van der Waals surface area (Å²) < 4.78 is 0. The van der Waals surface area contributed by atoms with Gasteiger partial charge in [-0.3, -0.25) is 0 Å². The van der Waals surface area contributed by atoms with Gasteiger partial charge >= 0.3 is 0 Å². The number of hydrogen-bond acceptors (Lipinski definition) is 2. The molecule has 13 rings (SSSR count). The number of hydrogen-bond donors (Lipinski definition) is 0. The van der Waals surface area contributed by atoms with Gasteiger partial charge in [0.1, 0.15) is 0 Å². The predicted molar refractivity (Wildman–Crippen MR) is 308 cm³/mol. The van der Waals surface area contributed by atoms with Crippen LogP contribution in [0.1, 0.15) is 35.1 Å². The van der Waals surface area contributed by atoms with Gasteiger partial charge in [0, 0.05) is 33.8 Å². The van der Waals surface area contributed by atoms with E-state index in [0.717, 1.165) is 52.5 Å². The Balaban J connectivity index is 0.907. The van der Waals surface area contributed by atoms with Crippen LogP contribution < -0.4 is 9.80 Å². The van der Waals surface area contributed by atoms with E-state index in [2.05, 4.69) is 301 Å². The number of allylic oxidation sites excluding steroid dienone is 4. The zero-order valence-corrected chi connectivity index (χ0v) is 40.5. The summed E-state index contributed by atoms with van der Waals surface area (Å²) >= 11 is 0. The van der Waals surface area contributed by atoms with Gasteiger partial charge in [-0.25, -0.2) is 0 Å². The molecule has 0 spiro atoms. The van der Waals surface area contributed by atoms with Crippen molar-refractivity contribution in [1.82, 2.24) is 0 Å². The van der Waals surface area contributed by atoms with Crippen LogP contribution in [-0.4, -0.2) is 0 Å². The van der Waals surface area contributed by atoms with Crippen molar-refractivity contribution in [2.75, 3.05) is 9.80 Å². The van der Waals surface area contributed by atoms with Gasteiger partial charge in [0.15, 0.2) is 0 Å². The Hall–Kier alpha value is -9.24. The molecule has 0 N–H and O–H groups in total. The Morgan fingerprint density at radius 1 is 0.315 bits per heavy atom. The van der Waals surface area contributed by atoms with Crippen LogP contribution in [0.3, 0.4) is 0 Å². The molecule has 2 nitrogen and oxygen atoms in total. The lowest BCUT2D eigenvalue weighted by molar-refractivity contribution is 0.696. The van der Waals surface area contributed by atoms with Crippen molar-refractivity contribution >= 4 is 50.5 Å².